The molecule has 0 aliphatic carbocycles. The van der Waals surface area contributed by atoms with Crippen LogP contribution in [0.25, 0.3) is 23.0 Å². The fourth-order valence-corrected chi connectivity index (χ4v) is 3.10. The van der Waals surface area contributed by atoms with Gasteiger partial charge in [0.1, 0.15) is 22.6 Å². The van der Waals surface area contributed by atoms with Crippen LogP contribution in [0.4, 0.5) is 5.69 Å². The quantitative estimate of drug-likeness (QED) is 0.375. The van der Waals surface area contributed by atoms with Crippen molar-refractivity contribution in [2.75, 3.05) is 0 Å². The first-order valence-corrected chi connectivity index (χ1v) is 8.25. The molecule has 0 saturated carbocycles. The zero-order chi connectivity index (χ0) is 18.0. The maximum Gasteiger partial charge on any atom is 0.280 e. The van der Waals surface area contributed by atoms with Crippen LogP contribution in [-0.2, 0) is 0 Å². The van der Waals surface area contributed by atoms with E-state index in [0.29, 0.717) is 27.7 Å². The van der Waals surface area contributed by atoms with E-state index >= 15 is 0 Å². The Morgan fingerprint density at radius 2 is 2.16 bits per heavy atom. The molecule has 25 heavy (non-hydrogen) atoms. The van der Waals surface area contributed by atoms with E-state index in [2.05, 4.69) is 11.1 Å². The molecule has 2 heterocycles. The highest BCUT2D eigenvalue weighted by molar-refractivity contribution is 7.11. The summed E-state index contributed by atoms with van der Waals surface area (Å²) in [4.78, 5) is 15.1. The van der Waals surface area contributed by atoms with Crippen molar-refractivity contribution < 1.29 is 9.34 Å². The maximum absolute atomic E-state index is 11.3. The molecule has 3 aromatic rings. The number of thiazole rings is 1. The second-order valence-electron chi connectivity index (χ2n) is 5.44. The van der Waals surface area contributed by atoms with Gasteiger partial charge in [-0.25, -0.2) is 4.98 Å². The fourth-order valence-electron chi connectivity index (χ4n) is 2.34. The van der Waals surface area contributed by atoms with Crippen molar-refractivity contribution >= 4 is 28.7 Å². The van der Waals surface area contributed by atoms with Gasteiger partial charge in [-0.05, 0) is 37.6 Å². The molecule has 1 aromatic carbocycles. The summed E-state index contributed by atoms with van der Waals surface area (Å²) in [6.07, 6.45) is 1.59. The lowest BCUT2D eigenvalue weighted by atomic mass is 10.1. The van der Waals surface area contributed by atoms with Gasteiger partial charge < -0.3 is 4.42 Å². The molecule has 0 fully saturated rings. The van der Waals surface area contributed by atoms with Crippen molar-refractivity contribution in [3.05, 3.63) is 67.9 Å². The van der Waals surface area contributed by atoms with Crippen LogP contribution in [0.2, 0.25) is 0 Å². The summed E-state index contributed by atoms with van der Waals surface area (Å²) in [5, 5.41) is 23.1. The Kier molecular flexibility index (Phi) is 4.46. The predicted molar refractivity (Wildman–Crippen MR) is 95.9 cm³/mol. The number of nitro benzene ring substituents is 1. The van der Waals surface area contributed by atoms with Crippen LogP contribution >= 0.6 is 11.3 Å². The van der Waals surface area contributed by atoms with Crippen LogP contribution in [0.15, 0.2) is 40.1 Å². The van der Waals surface area contributed by atoms with Crippen LogP contribution in [-0.4, -0.2) is 9.91 Å². The van der Waals surface area contributed by atoms with Gasteiger partial charge in [0.2, 0.25) is 0 Å². The number of furan rings is 1. The second kappa shape index (κ2) is 6.71. The highest BCUT2D eigenvalue weighted by Crippen LogP contribution is 2.33. The minimum absolute atomic E-state index is 0.0130. The van der Waals surface area contributed by atoms with Gasteiger partial charge in [-0.3, -0.25) is 10.1 Å². The molecule has 6 nitrogen and oxygen atoms in total. The molecule has 0 aliphatic rings. The molecule has 0 saturated heterocycles. The summed E-state index contributed by atoms with van der Waals surface area (Å²) >= 11 is 1.38. The Bertz CT molecular complexity index is 1020. The lowest BCUT2D eigenvalue weighted by Gasteiger charge is -2.01. The molecule has 124 valence electrons. The molecule has 0 unspecified atom stereocenters. The van der Waals surface area contributed by atoms with E-state index in [-0.39, 0.29) is 5.69 Å². The molecule has 0 amide bonds. The third kappa shape index (κ3) is 3.49. The molecular formula is C18H13N3O3S. The maximum atomic E-state index is 11.3. The minimum atomic E-state index is -0.431. The molecule has 0 N–H and O–H groups in total. The zero-order valence-corrected chi connectivity index (χ0v) is 14.3. The average molecular weight is 351 g/mol. The molecule has 0 bridgehead atoms. The summed E-state index contributed by atoms with van der Waals surface area (Å²) in [7, 11) is 0. The largest absolute Gasteiger partial charge is 0.456 e. The van der Waals surface area contributed by atoms with Gasteiger partial charge in [-0.1, -0.05) is 6.07 Å². The van der Waals surface area contributed by atoms with E-state index in [4.69, 9.17) is 4.42 Å². The average Bonchev–Trinajstić information content (AvgIpc) is 3.21. The van der Waals surface area contributed by atoms with E-state index in [1.165, 1.54) is 17.4 Å². The van der Waals surface area contributed by atoms with Gasteiger partial charge >= 0.3 is 0 Å². The third-order valence-electron chi connectivity index (χ3n) is 3.50. The van der Waals surface area contributed by atoms with E-state index < -0.39 is 4.92 Å². The van der Waals surface area contributed by atoms with Gasteiger partial charge in [0.15, 0.2) is 0 Å². The zero-order valence-electron chi connectivity index (χ0n) is 13.5. The Balaban J connectivity index is 2.00. The molecular weight excluding hydrogens is 338 g/mol. The first-order chi connectivity index (χ1) is 12.0. The van der Waals surface area contributed by atoms with Gasteiger partial charge in [0.05, 0.1) is 16.1 Å². The van der Waals surface area contributed by atoms with E-state index in [9.17, 15) is 15.4 Å². The van der Waals surface area contributed by atoms with Gasteiger partial charge in [0, 0.05) is 23.2 Å². The number of nitro groups is 1. The van der Waals surface area contributed by atoms with Crippen LogP contribution in [0.1, 0.15) is 22.0 Å². The van der Waals surface area contributed by atoms with Crippen LogP contribution < -0.4 is 0 Å². The minimum Gasteiger partial charge on any atom is -0.456 e. The summed E-state index contributed by atoms with van der Waals surface area (Å²) in [6, 6.07) is 10.4. The van der Waals surface area contributed by atoms with Crippen molar-refractivity contribution in [3.63, 3.8) is 0 Å². The Morgan fingerprint density at radius 1 is 1.36 bits per heavy atom. The Hall–Kier alpha value is -3.24. The normalized spacial score (nSPS) is 11.3. The summed E-state index contributed by atoms with van der Waals surface area (Å²) in [6.45, 7) is 3.65. The van der Waals surface area contributed by atoms with Crippen molar-refractivity contribution in [2.45, 2.75) is 13.8 Å². The molecule has 7 heteroatoms. The van der Waals surface area contributed by atoms with Crippen LogP contribution in [0.3, 0.4) is 0 Å². The monoisotopic (exact) mass is 351 g/mol. The molecule has 0 aliphatic heterocycles. The van der Waals surface area contributed by atoms with Crippen LogP contribution in [0, 0.1) is 35.3 Å². The number of hydrogen-bond acceptors (Lipinski definition) is 6. The van der Waals surface area contributed by atoms with Crippen LogP contribution in [0.5, 0.6) is 0 Å². The number of nitriles is 1. The molecule has 3 rings (SSSR count). The smallest absolute Gasteiger partial charge is 0.280 e. The SMILES string of the molecule is Cc1ccc(-c2ccc(C=C(C#N)c3nc(C)cs3)o2)c([N+](=O)[O-])c1. The topological polar surface area (TPSA) is 93.0 Å². The number of rotatable bonds is 4. The lowest BCUT2D eigenvalue weighted by Crippen LogP contribution is -1.92. The number of aromatic nitrogens is 1. The fraction of sp³-hybridized carbons (Fsp3) is 0.111. The molecule has 2 aromatic heterocycles. The van der Waals surface area contributed by atoms with Crippen molar-refractivity contribution in [1.82, 2.24) is 4.98 Å². The summed E-state index contributed by atoms with van der Waals surface area (Å²) in [5.74, 6) is 0.819. The van der Waals surface area contributed by atoms with Gasteiger partial charge in [-0.15, -0.1) is 11.3 Å². The highest BCUT2D eigenvalue weighted by Gasteiger charge is 2.18. The predicted octanol–water partition coefficient (Wildman–Crippen LogP) is 4.99. The van der Waals surface area contributed by atoms with E-state index in [0.717, 1.165) is 11.3 Å². The Labute approximate surface area is 147 Å². The van der Waals surface area contributed by atoms with Crippen molar-refractivity contribution in [1.29, 1.82) is 5.26 Å². The second-order valence-corrected chi connectivity index (χ2v) is 6.30. The first-order valence-electron chi connectivity index (χ1n) is 7.37. The van der Waals surface area contributed by atoms with Gasteiger partial charge in [-0.2, -0.15) is 5.26 Å². The molecule has 0 spiro atoms. The van der Waals surface area contributed by atoms with E-state index in [1.54, 1.807) is 37.3 Å². The number of aryl methyl sites for hydroxylation is 2. The molecule has 0 radical (unpaired) electrons. The van der Waals surface area contributed by atoms with E-state index in [1.807, 2.05) is 12.3 Å². The summed E-state index contributed by atoms with van der Waals surface area (Å²) in [5.41, 5.74) is 2.42. The van der Waals surface area contributed by atoms with Crippen molar-refractivity contribution in [3.8, 4) is 17.4 Å². The number of allylic oxidation sites excluding steroid dienone is 1. The number of hydrogen-bond donors (Lipinski definition) is 0. The number of benzene rings is 1. The Morgan fingerprint density at radius 3 is 2.80 bits per heavy atom. The number of nitrogens with zero attached hydrogens (tertiary/aromatic N) is 3. The summed E-state index contributed by atoms with van der Waals surface area (Å²) < 4.78 is 5.71. The standard InChI is InChI=1S/C18H13N3O3S/c1-11-3-5-15(16(7-11)21(22)23)17-6-4-14(24-17)8-13(9-19)18-20-12(2)10-25-18/h3-8,10H,1-2H3. The third-order valence-corrected chi connectivity index (χ3v) is 4.49. The highest BCUT2D eigenvalue weighted by atomic mass is 32.1. The first kappa shape index (κ1) is 16.6. The lowest BCUT2D eigenvalue weighted by molar-refractivity contribution is -0.384. The van der Waals surface area contributed by atoms with Gasteiger partial charge in [0.25, 0.3) is 5.69 Å². The molecule has 0 atom stereocenters. The van der Waals surface area contributed by atoms with Crippen molar-refractivity contribution in [2.24, 2.45) is 0 Å².